The molecule has 90 valence electrons. The molecule has 0 aliphatic heterocycles. The van der Waals surface area contributed by atoms with Crippen LogP contribution in [0.5, 0.6) is 5.75 Å². The average molecular weight is 223 g/mol. The van der Waals surface area contributed by atoms with Crippen molar-refractivity contribution in [3.05, 3.63) is 29.8 Å². The first-order valence-corrected chi connectivity index (χ1v) is 5.84. The molecule has 0 amide bonds. The van der Waals surface area contributed by atoms with E-state index >= 15 is 0 Å². The first-order valence-electron chi connectivity index (χ1n) is 5.84. The molecule has 1 aromatic rings. The van der Waals surface area contributed by atoms with Crippen LogP contribution >= 0.6 is 0 Å². The molecule has 3 heteroatoms. The number of para-hydroxylation sites is 1. The Labute approximate surface area is 97.6 Å². The van der Waals surface area contributed by atoms with Crippen LogP contribution < -0.4 is 10.5 Å². The molecule has 0 aliphatic rings. The second-order valence-electron chi connectivity index (χ2n) is 3.59. The second-order valence-corrected chi connectivity index (χ2v) is 3.59. The van der Waals surface area contributed by atoms with Gasteiger partial charge in [0.15, 0.2) is 0 Å². The van der Waals surface area contributed by atoms with Gasteiger partial charge in [-0.15, -0.1) is 0 Å². The van der Waals surface area contributed by atoms with E-state index in [0.29, 0.717) is 19.8 Å². The minimum Gasteiger partial charge on any atom is -0.491 e. The topological polar surface area (TPSA) is 44.5 Å². The summed E-state index contributed by atoms with van der Waals surface area (Å²) in [6, 6.07) is 8.06. The zero-order chi connectivity index (χ0) is 11.8. The van der Waals surface area contributed by atoms with E-state index in [4.69, 9.17) is 15.2 Å². The smallest absolute Gasteiger partial charge is 0.122 e. The number of rotatable bonds is 7. The zero-order valence-corrected chi connectivity index (χ0v) is 10.1. The van der Waals surface area contributed by atoms with Crippen molar-refractivity contribution < 1.29 is 9.47 Å². The van der Waals surface area contributed by atoms with E-state index in [-0.39, 0.29) is 6.10 Å². The van der Waals surface area contributed by atoms with Gasteiger partial charge in [0.1, 0.15) is 18.5 Å². The molecule has 0 bridgehead atoms. The van der Waals surface area contributed by atoms with Gasteiger partial charge in [-0.2, -0.15) is 0 Å². The molecule has 1 aromatic carbocycles. The van der Waals surface area contributed by atoms with Gasteiger partial charge in [0.25, 0.3) is 0 Å². The SMILES string of the molecule is CCOC(CN)COc1ccccc1CC. The molecule has 2 N–H and O–H groups in total. The van der Waals surface area contributed by atoms with E-state index in [1.165, 1.54) is 5.56 Å². The predicted molar refractivity (Wildman–Crippen MR) is 65.8 cm³/mol. The Balaban J connectivity index is 2.52. The molecule has 1 unspecified atom stereocenters. The predicted octanol–water partition coefficient (Wildman–Crippen LogP) is 1.99. The molecular formula is C13H21NO2. The fourth-order valence-corrected chi connectivity index (χ4v) is 1.54. The summed E-state index contributed by atoms with van der Waals surface area (Å²) in [4.78, 5) is 0. The van der Waals surface area contributed by atoms with Gasteiger partial charge in [0.2, 0.25) is 0 Å². The first kappa shape index (κ1) is 13.0. The van der Waals surface area contributed by atoms with Gasteiger partial charge in [-0.25, -0.2) is 0 Å². The summed E-state index contributed by atoms with van der Waals surface area (Å²) in [5.41, 5.74) is 6.81. The third kappa shape index (κ3) is 3.83. The number of hydrogen-bond donors (Lipinski definition) is 1. The van der Waals surface area contributed by atoms with Crippen molar-refractivity contribution in [3.8, 4) is 5.75 Å². The molecule has 3 nitrogen and oxygen atoms in total. The summed E-state index contributed by atoms with van der Waals surface area (Å²) >= 11 is 0. The lowest BCUT2D eigenvalue weighted by atomic mass is 10.1. The van der Waals surface area contributed by atoms with Gasteiger partial charge in [-0.1, -0.05) is 25.1 Å². The summed E-state index contributed by atoms with van der Waals surface area (Å²) in [6.45, 7) is 5.75. The molecule has 0 heterocycles. The van der Waals surface area contributed by atoms with Gasteiger partial charge in [0, 0.05) is 13.2 Å². The highest BCUT2D eigenvalue weighted by atomic mass is 16.5. The van der Waals surface area contributed by atoms with Crippen LogP contribution in [-0.2, 0) is 11.2 Å². The van der Waals surface area contributed by atoms with Crippen molar-refractivity contribution in [1.29, 1.82) is 0 Å². The van der Waals surface area contributed by atoms with Crippen LogP contribution in [0.1, 0.15) is 19.4 Å². The molecule has 1 rings (SSSR count). The highest BCUT2D eigenvalue weighted by Gasteiger charge is 2.08. The summed E-state index contributed by atoms with van der Waals surface area (Å²) < 4.78 is 11.2. The molecule has 0 saturated heterocycles. The quantitative estimate of drug-likeness (QED) is 0.769. The first-order chi connectivity index (χ1) is 7.81. The minimum atomic E-state index is -0.0186. The zero-order valence-electron chi connectivity index (χ0n) is 10.1. The Bertz CT molecular complexity index is 302. The standard InChI is InChI=1S/C13H21NO2/c1-3-11-7-5-6-8-13(11)16-10-12(9-14)15-4-2/h5-8,12H,3-4,9-10,14H2,1-2H3. The van der Waals surface area contributed by atoms with Gasteiger partial charge in [-0.05, 0) is 25.0 Å². The maximum atomic E-state index is 5.73. The van der Waals surface area contributed by atoms with Crippen molar-refractivity contribution in [3.63, 3.8) is 0 Å². The molecule has 0 aromatic heterocycles. The largest absolute Gasteiger partial charge is 0.491 e. The van der Waals surface area contributed by atoms with Crippen LogP contribution in [0.15, 0.2) is 24.3 Å². The van der Waals surface area contributed by atoms with E-state index in [1.807, 2.05) is 25.1 Å². The van der Waals surface area contributed by atoms with Crippen LogP contribution in [-0.4, -0.2) is 25.9 Å². The Hall–Kier alpha value is -1.06. The van der Waals surface area contributed by atoms with Crippen LogP contribution in [0.25, 0.3) is 0 Å². The fraction of sp³-hybridized carbons (Fsp3) is 0.538. The van der Waals surface area contributed by atoms with Crippen molar-refractivity contribution in [1.82, 2.24) is 0 Å². The van der Waals surface area contributed by atoms with Gasteiger partial charge in [0.05, 0.1) is 0 Å². The Kier molecular flexibility index (Phi) is 5.90. The Morgan fingerprint density at radius 3 is 2.62 bits per heavy atom. The van der Waals surface area contributed by atoms with E-state index < -0.39 is 0 Å². The lowest BCUT2D eigenvalue weighted by molar-refractivity contribution is 0.0334. The summed E-state index contributed by atoms with van der Waals surface area (Å²) in [6.07, 6.45) is 0.952. The van der Waals surface area contributed by atoms with Crippen LogP contribution in [0, 0.1) is 0 Å². The molecule has 1 atom stereocenters. The maximum absolute atomic E-state index is 5.73. The van der Waals surface area contributed by atoms with E-state index in [0.717, 1.165) is 12.2 Å². The normalized spacial score (nSPS) is 12.4. The van der Waals surface area contributed by atoms with Crippen molar-refractivity contribution >= 4 is 0 Å². The van der Waals surface area contributed by atoms with Crippen LogP contribution in [0.3, 0.4) is 0 Å². The van der Waals surface area contributed by atoms with Crippen LogP contribution in [0.2, 0.25) is 0 Å². The second kappa shape index (κ2) is 7.25. The van der Waals surface area contributed by atoms with E-state index in [1.54, 1.807) is 0 Å². The maximum Gasteiger partial charge on any atom is 0.122 e. The van der Waals surface area contributed by atoms with Gasteiger partial charge in [-0.3, -0.25) is 0 Å². The monoisotopic (exact) mass is 223 g/mol. The molecular weight excluding hydrogens is 202 g/mol. The molecule has 0 radical (unpaired) electrons. The lowest BCUT2D eigenvalue weighted by Gasteiger charge is -2.17. The summed E-state index contributed by atoms with van der Waals surface area (Å²) in [7, 11) is 0. The van der Waals surface area contributed by atoms with Crippen molar-refractivity contribution in [2.24, 2.45) is 5.73 Å². The fourth-order valence-electron chi connectivity index (χ4n) is 1.54. The average Bonchev–Trinajstić information content (AvgIpc) is 2.34. The Morgan fingerprint density at radius 1 is 1.25 bits per heavy atom. The highest BCUT2D eigenvalue weighted by Crippen LogP contribution is 2.18. The number of benzene rings is 1. The molecule has 0 spiro atoms. The Morgan fingerprint density at radius 2 is 2.00 bits per heavy atom. The number of hydrogen-bond acceptors (Lipinski definition) is 3. The third-order valence-electron chi connectivity index (χ3n) is 2.44. The van der Waals surface area contributed by atoms with Crippen molar-refractivity contribution in [2.75, 3.05) is 19.8 Å². The molecule has 0 saturated carbocycles. The lowest BCUT2D eigenvalue weighted by Crippen LogP contribution is -2.30. The number of nitrogens with two attached hydrogens (primary N) is 1. The van der Waals surface area contributed by atoms with E-state index in [9.17, 15) is 0 Å². The van der Waals surface area contributed by atoms with Gasteiger partial charge < -0.3 is 15.2 Å². The number of aryl methyl sites for hydroxylation is 1. The third-order valence-corrected chi connectivity index (χ3v) is 2.44. The van der Waals surface area contributed by atoms with Crippen LogP contribution in [0.4, 0.5) is 0 Å². The molecule has 16 heavy (non-hydrogen) atoms. The number of ether oxygens (including phenoxy) is 2. The highest BCUT2D eigenvalue weighted by molar-refractivity contribution is 5.33. The molecule has 0 aliphatic carbocycles. The van der Waals surface area contributed by atoms with E-state index in [2.05, 4.69) is 13.0 Å². The minimum absolute atomic E-state index is 0.0186. The van der Waals surface area contributed by atoms with Gasteiger partial charge >= 0.3 is 0 Å². The van der Waals surface area contributed by atoms with Crippen molar-refractivity contribution in [2.45, 2.75) is 26.4 Å². The summed E-state index contributed by atoms with van der Waals surface area (Å²) in [5, 5.41) is 0. The molecule has 0 fully saturated rings. The summed E-state index contributed by atoms with van der Waals surface area (Å²) in [5.74, 6) is 0.933.